The third kappa shape index (κ3) is 3.01. The smallest absolute Gasteiger partial charge is 0.227 e. The largest absolute Gasteiger partial charge is 0.312 e. The Morgan fingerprint density at radius 3 is 2.71 bits per heavy atom. The van der Waals surface area contributed by atoms with Gasteiger partial charge in [-0.2, -0.15) is 0 Å². The van der Waals surface area contributed by atoms with Crippen molar-refractivity contribution in [2.24, 2.45) is 0 Å². The first-order chi connectivity index (χ1) is 10.1. The lowest BCUT2D eigenvalue weighted by Crippen LogP contribution is -2.29. The first kappa shape index (κ1) is 14.3. The fourth-order valence-corrected chi connectivity index (χ4v) is 3.55. The second-order valence-electron chi connectivity index (χ2n) is 4.95. The number of rotatable bonds is 4. The van der Waals surface area contributed by atoms with E-state index in [2.05, 4.69) is 0 Å². The van der Waals surface area contributed by atoms with Crippen LogP contribution in [0, 0.1) is 0 Å². The molecule has 5 heteroatoms. The van der Waals surface area contributed by atoms with Crippen LogP contribution in [0.1, 0.15) is 28.1 Å². The lowest BCUT2D eigenvalue weighted by atomic mass is 10.1. The summed E-state index contributed by atoms with van der Waals surface area (Å²) in [5.74, 6) is -0.0105. The van der Waals surface area contributed by atoms with Crippen molar-refractivity contribution < 1.29 is 9.59 Å². The maximum atomic E-state index is 12.3. The number of carbonyl (C=O) groups is 2. The minimum Gasteiger partial charge on any atom is -0.312 e. The molecule has 3 nitrogen and oxygen atoms in total. The molecule has 1 aromatic heterocycles. The van der Waals surface area contributed by atoms with Gasteiger partial charge in [0.2, 0.25) is 5.91 Å². The summed E-state index contributed by atoms with van der Waals surface area (Å²) >= 11 is 7.08. The molecule has 0 aliphatic carbocycles. The predicted octanol–water partition coefficient (Wildman–Crippen LogP) is 3.95. The molecule has 0 N–H and O–H groups in total. The summed E-state index contributed by atoms with van der Waals surface area (Å²) in [5, 5.41) is 0. The molecule has 21 heavy (non-hydrogen) atoms. The van der Waals surface area contributed by atoms with Gasteiger partial charge < -0.3 is 4.90 Å². The summed E-state index contributed by atoms with van der Waals surface area (Å²) in [6.45, 7) is 0.706. The molecule has 108 valence electrons. The molecule has 2 heterocycles. The Morgan fingerprint density at radius 1 is 1.14 bits per heavy atom. The number of hydrogen-bond donors (Lipinski definition) is 0. The van der Waals surface area contributed by atoms with E-state index in [0.717, 1.165) is 12.1 Å². The zero-order chi connectivity index (χ0) is 14.8. The number of ketones is 1. The number of benzene rings is 1. The zero-order valence-electron chi connectivity index (χ0n) is 11.3. The Hall–Kier alpha value is -1.65. The summed E-state index contributed by atoms with van der Waals surface area (Å²) in [5.41, 5.74) is 2.18. The number of carbonyl (C=O) groups excluding carboxylic acids is 2. The molecule has 1 aromatic carbocycles. The highest BCUT2D eigenvalue weighted by Gasteiger charge is 2.24. The van der Waals surface area contributed by atoms with Gasteiger partial charge in [0.25, 0.3) is 0 Å². The fraction of sp³-hybridized carbons (Fsp3) is 0.250. The molecule has 0 unspecified atom stereocenters. The van der Waals surface area contributed by atoms with E-state index >= 15 is 0 Å². The second-order valence-corrected chi connectivity index (χ2v) is 6.67. The minimum atomic E-state index is -0.0206. The Morgan fingerprint density at radius 2 is 1.95 bits per heavy atom. The highest BCUT2D eigenvalue weighted by atomic mass is 35.5. The standard InChI is InChI=1S/C16H14ClNO2S/c17-15-7-6-14(21-15)13(19)5-8-16(20)18-10-9-11-3-1-2-4-12(11)18/h1-4,6-7H,5,8-10H2. The lowest BCUT2D eigenvalue weighted by molar-refractivity contribution is -0.118. The molecule has 1 aliphatic heterocycles. The maximum absolute atomic E-state index is 12.3. The first-order valence-corrected chi connectivity index (χ1v) is 8.01. The van der Waals surface area contributed by atoms with Crippen LogP contribution < -0.4 is 4.90 Å². The lowest BCUT2D eigenvalue weighted by Gasteiger charge is -2.16. The molecule has 0 radical (unpaired) electrons. The van der Waals surface area contributed by atoms with Gasteiger partial charge in [0, 0.05) is 25.1 Å². The number of anilines is 1. The maximum Gasteiger partial charge on any atom is 0.227 e. The van der Waals surface area contributed by atoms with E-state index in [1.165, 1.54) is 16.9 Å². The van der Waals surface area contributed by atoms with Crippen LogP contribution in [0.25, 0.3) is 0 Å². The SMILES string of the molecule is O=C(CCC(=O)N1CCc2ccccc21)c1ccc(Cl)s1. The number of thiophene rings is 1. The number of para-hydroxylation sites is 1. The summed E-state index contributed by atoms with van der Waals surface area (Å²) in [7, 11) is 0. The molecule has 0 fully saturated rings. The van der Waals surface area contributed by atoms with E-state index in [9.17, 15) is 9.59 Å². The van der Waals surface area contributed by atoms with Crippen LogP contribution >= 0.6 is 22.9 Å². The van der Waals surface area contributed by atoms with Crippen LogP contribution in [0.2, 0.25) is 4.34 Å². The topological polar surface area (TPSA) is 37.4 Å². The highest BCUT2D eigenvalue weighted by Crippen LogP contribution is 2.28. The summed E-state index contributed by atoms with van der Waals surface area (Å²) in [6.07, 6.45) is 1.35. The number of Topliss-reactive ketones (excluding diaryl/α,β-unsaturated/α-hetero) is 1. The van der Waals surface area contributed by atoms with Crippen molar-refractivity contribution >= 4 is 40.3 Å². The monoisotopic (exact) mass is 319 g/mol. The average Bonchev–Trinajstić information content (AvgIpc) is 3.10. The Bertz CT molecular complexity index is 695. The molecule has 1 amide bonds. The quantitative estimate of drug-likeness (QED) is 0.800. The van der Waals surface area contributed by atoms with Crippen molar-refractivity contribution in [1.29, 1.82) is 0 Å². The van der Waals surface area contributed by atoms with Crippen molar-refractivity contribution in [3.63, 3.8) is 0 Å². The summed E-state index contributed by atoms with van der Waals surface area (Å²) in [4.78, 5) is 26.7. The minimum absolute atomic E-state index is 0.0101. The van der Waals surface area contributed by atoms with Gasteiger partial charge in [-0.15, -0.1) is 11.3 Å². The molecule has 0 spiro atoms. The average molecular weight is 320 g/mol. The van der Waals surface area contributed by atoms with Crippen molar-refractivity contribution in [3.05, 3.63) is 51.2 Å². The van der Waals surface area contributed by atoms with Crippen molar-refractivity contribution in [2.45, 2.75) is 19.3 Å². The van der Waals surface area contributed by atoms with E-state index in [0.29, 0.717) is 15.8 Å². The summed E-state index contributed by atoms with van der Waals surface area (Å²) < 4.78 is 0.596. The predicted molar refractivity (Wildman–Crippen MR) is 85.4 cm³/mol. The number of halogens is 1. The van der Waals surface area contributed by atoms with Gasteiger partial charge in [-0.05, 0) is 30.2 Å². The van der Waals surface area contributed by atoms with Gasteiger partial charge >= 0.3 is 0 Å². The third-order valence-corrected chi connectivity index (χ3v) is 4.87. The van der Waals surface area contributed by atoms with Gasteiger partial charge in [0.05, 0.1) is 9.21 Å². The van der Waals surface area contributed by atoms with Crippen LogP contribution in [-0.2, 0) is 11.2 Å². The van der Waals surface area contributed by atoms with Gasteiger partial charge in [-0.25, -0.2) is 0 Å². The second kappa shape index (κ2) is 6.00. The van der Waals surface area contributed by atoms with Crippen LogP contribution in [0.5, 0.6) is 0 Å². The van der Waals surface area contributed by atoms with E-state index in [-0.39, 0.29) is 24.5 Å². The Kier molecular flexibility index (Phi) is 4.08. The molecule has 0 bridgehead atoms. The Balaban J connectivity index is 1.62. The van der Waals surface area contributed by atoms with Crippen molar-refractivity contribution in [2.75, 3.05) is 11.4 Å². The summed E-state index contributed by atoms with van der Waals surface area (Å²) in [6, 6.07) is 11.3. The molecule has 1 aliphatic rings. The van der Waals surface area contributed by atoms with Crippen LogP contribution in [0.4, 0.5) is 5.69 Å². The number of amides is 1. The molecule has 3 rings (SSSR count). The molecule has 2 aromatic rings. The highest BCUT2D eigenvalue weighted by molar-refractivity contribution is 7.18. The van der Waals surface area contributed by atoms with E-state index < -0.39 is 0 Å². The fourth-order valence-electron chi connectivity index (χ4n) is 2.54. The van der Waals surface area contributed by atoms with E-state index in [4.69, 9.17) is 11.6 Å². The van der Waals surface area contributed by atoms with Crippen LogP contribution in [0.3, 0.4) is 0 Å². The van der Waals surface area contributed by atoms with Crippen LogP contribution in [-0.4, -0.2) is 18.2 Å². The van der Waals surface area contributed by atoms with E-state index in [1.54, 1.807) is 17.0 Å². The van der Waals surface area contributed by atoms with Gasteiger partial charge in [-0.3, -0.25) is 9.59 Å². The first-order valence-electron chi connectivity index (χ1n) is 6.82. The molecular formula is C16H14ClNO2S. The molecular weight excluding hydrogens is 306 g/mol. The third-order valence-electron chi connectivity index (χ3n) is 3.60. The number of nitrogens with zero attached hydrogens (tertiary/aromatic N) is 1. The Labute approximate surface area is 132 Å². The molecule has 0 atom stereocenters. The van der Waals surface area contributed by atoms with Gasteiger partial charge in [0.15, 0.2) is 5.78 Å². The zero-order valence-corrected chi connectivity index (χ0v) is 12.9. The van der Waals surface area contributed by atoms with Crippen molar-refractivity contribution in [3.8, 4) is 0 Å². The van der Waals surface area contributed by atoms with E-state index in [1.807, 2.05) is 24.3 Å². The van der Waals surface area contributed by atoms with Gasteiger partial charge in [-0.1, -0.05) is 29.8 Å². The van der Waals surface area contributed by atoms with Crippen LogP contribution in [0.15, 0.2) is 36.4 Å². The normalized spacial score (nSPS) is 13.3. The number of hydrogen-bond acceptors (Lipinski definition) is 3. The number of fused-ring (bicyclic) bond motifs is 1. The molecule has 0 saturated heterocycles. The van der Waals surface area contributed by atoms with Crippen molar-refractivity contribution in [1.82, 2.24) is 0 Å². The molecule has 0 saturated carbocycles. The van der Waals surface area contributed by atoms with Gasteiger partial charge in [0.1, 0.15) is 0 Å².